The lowest BCUT2D eigenvalue weighted by molar-refractivity contribution is -0.128. The first kappa shape index (κ1) is 14.8. The SMILES string of the molecule is CC[C@H](C)c1nc([C@H]2CC(=O)N(Cc3ccccc3)C2)no1. The highest BCUT2D eigenvalue weighted by Gasteiger charge is 2.33. The molecule has 1 aromatic heterocycles. The average Bonchev–Trinajstić information content (AvgIpc) is 3.15. The molecule has 1 aliphatic heterocycles. The number of benzene rings is 1. The van der Waals surface area contributed by atoms with Crippen LogP contribution in [0.5, 0.6) is 0 Å². The number of carbonyl (C=O) groups is 1. The van der Waals surface area contributed by atoms with Crippen molar-refractivity contribution in [2.75, 3.05) is 6.54 Å². The topological polar surface area (TPSA) is 59.2 Å². The molecule has 1 saturated heterocycles. The molecule has 0 unspecified atom stereocenters. The van der Waals surface area contributed by atoms with E-state index in [2.05, 4.69) is 24.0 Å². The summed E-state index contributed by atoms with van der Waals surface area (Å²) in [6, 6.07) is 10.0. The molecule has 0 aliphatic carbocycles. The standard InChI is InChI=1S/C17H21N3O2/c1-3-12(2)17-18-16(19-22-17)14-9-15(21)20(11-14)10-13-7-5-4-6-8-13/h4-8,12,14H,3,9-11H2,1-2H3/t12-,14-/m0/s1. The third-order valence-corrected chi connectivity index (χ3v) is 4.29. The van der Waals surface area contributed by atoms with Gasteiger partial charge in [-0.3, -0.25) is 4.79 Å². The van der Waals surface area contributed by atoms with Crippen LogP contribution in [0.1, 0.15) is 55.8 Å². The molecular weight excluding hydrogens is 278 g/mol. The largest absolute Gasteiger partial charge is 0.339 e. The van der Waals surface area contributed by atoms with Crippen molar-refractivity contribution in [2.45, 2.75) is 45.1 Å². The van der Waals surface area contributed by atoms with Crippen LogP contribution < -0.4 is 0 Å². The first-order chi connectivity index (χ1) is 10.7. The Hall–Kier alpha value is -2.17. The van der Waals surface area contributed by atoms with E-state index in [9.17, 15) is 4.79 Å². The fourth-order valence-corrected chi connectivity index (χ4v) is 2.69. The van der Waals surface area contributed by atoms with E-state index in [1.54, 1.807) is 0 Å². The van der Waals surface area contributed by atoms with E-state index in [4.69, 9.17) is 4.52 Å². The van der Waals surface area contributed by atoms with Gasteiger partial charge in [-0.05, 0) is 12.0 Å². The van der Waals surface area contributed by atoms with Gasteiger partial charge in [-0.15, -0.1) is 0 Å². The van der Waals surface area contributed by atoms with Crippen LogP contribution in [0.2, 0.25) is 0 Å². The van der Waals surface area contributed by atoms with Crippen LogP contribution in [0.15, 0.2) is 34.9 Å². The molecule has 0 radical (unpaired) electrons. The fourth-order valence-electron chi connectivity index (χ4n) is 2.69. The smallest absolute Gasteiger partial charge is 0.229 e. The van der Waals surface area contributed by atoms with Crippen molar-refractivity contribution in [3.8, 4) is 0 Å². The van der Waals surface area contributed by atoms with E-state index in [-0.39, 0.29) is 17.7 Å². The Morgan fingerprint density at radius 2 is 2.14 bits per heavy atom. The van der Waals surface area contributed by atoms with Crippen molar-refractivity contribution < 1.29 is 9.32 Å². The predicted octanol–water partition coefficient (Wildman–Crippen LogP) is 3.10. The summed E-state index contributed by atoms with van der Waals surface area (Å²) in [5, 5.41) is 4.08. The maximum absolute atomic E-state index is 12.2. The molecule has 2 atom stereocenters. The van der Waals surface area contributed by atoms with Crippen molar-refractivity contribution in [3.05, 3.63) is 47.6 Å². The Balaban J connectivity index is 1.68. The molecule has 0 spiro atoms. The van der Waals surface area contributed by atoms with Crippen molar-refractivity contribution in [3.63, 3.8) is 0 Å². The summed E-state index contributed by atoms with van der Waals surface area (Å²) in [5.41, 5.74) is 1.14. The minimum Gasteiger partial charge on any atom is -0.339 e. The normalized spacial score (nSPS) is 19.6. The zero-order valence-electron chi connectivity index (χ0n) is 13.0. The quantitative estimate of drug-likeness (QED) is 0.851. The van der Waals surface area contributed by atoms with Crippen molar-refractivity contribution in [1.29, 1.82) is 0 Å². The number of likely N-dealkylation sites (tertiary alicyclic amines) is 1. The van der Waals surface area contributed by atoms with Gasteiger partial charge in [0.1, 0.15) is 0 Å². The van der Waals surface area contributed by atoms with Gasteiger partial charge in [-0.1, -0.05) is 49.3 Å². The zero-order chi connectivity index (χ0) is 15.5. The second kappa shape index (κ2) is 6.30. The highest BCUT2D eigenvalue weighted by molar-refractivity contribution is 5.79. The highest BCUT2D eigenvalue weighted by Crippen LogP contribution is 2.28. The molecule has 22 heavy (non-hydrogen) atoms. The van der Waals surface area contributed by atoms with Crippen molar-refractivity contribution in [2.24, 2.45) is 0 Å². The van der Waals surface area contributed by atoms with E-state index in [1.807, 2.05) is 35.2 Å². The van der Waals surface area contributed by atoms with Crippen LogP contribution in [-0.2, 0) is 11.3 Å². The summed E-state index contributed by atoms with van der Waals surface area (Å²) in [4.78, 5) is 18.6. The van der Waals surface area contributed by atoms with E-state index in [0.717, 1.165) is 12.0 Å². The Bertz CT molecular complexity index is 638. The van der Waals surface area contributed by atoms with Crippen LogP contribution in [0.4, 0.5) is 0 Å². The van der Waals surface area contributed by atoms with Crippen molar-refractivity contribution in [1.82, 2.24) is 15.0 Å². The summed E-state index contributed by atoms with van der Waals surface area (Å²) >= 11 is 0. The fraction of sp³-hybridized carbons (Fsp3) is 0.471. The van der Waals surface area contributed by atoms with Crippen LogP contribution in [0, 0.1) is 0 Å². The van der Waals surface area contributed by atoms with E-state index >= 15 is 0 Å². The molecule has 5 nitrogen and oxygen atoms in total. The van der Waals surface area contributed by atoms with Crippen LogP contribution >= 0.6 is 0 Å². The molecule has 2 aromatic rings. The molecule has 1 fully saturated rings. The summed E-state index contributed by atoms with van der Waals surface area (Å²) in [7, 11) is 0. The highest BCUT2D eigenvalue weighted by atomic mass is 16.5. The monoisotopic (exact) mass is 299 g/mol. The Kier molecular flexibility index (Phi) is 4.22. The lowest BCUT2D eigenvalue weighted by Gasteiger charge is -2.15. The summed E-state index contributed by atoms with van der Waals surface area (Å²) in [6.45, 7) is 5.47. The number of carbonyl (C=O) groups excluding carboxylic acids is 1. The maximum atomic E-state index is 12.2. The molecular formula is C17H21N3O2. The van der Waals surface area contributed by atoms with E-state index in [0.29, 0.717) is 31.2 Å². The number of rotatable bonds is 5. The van der Waals surface area contributed by atoms with Crippen molar-refractivity contribution >= 4 is 5.91 Å². The minimum absolute atomic E-state index is 0.0396. The van der Waals surface area contributed by atoms with E-state index in [1.165, 1.54) is 0 Å². The van der Waals surface area contributed by atoms with Gasteiger partial charge < -0.3 is 9.42 Å². The second-order valence-corrected chi connectivity index (χ2v) is 5.96. The number of hydrogen-bond donors (Lipinski definition) is 0. The first-order valence-corrected chi connectivity index (χ1v) is 7.82. The van der Waals surface area contributed by atoms with Crippen LogP contribution in [-0.4, -0.2) is 27.5 Å². The number of nitrogens with zero attached hydrogens (tertiary/aromatic N) is 3. The van der Waals surface area contributed by atoms with Gasteiger partial charge in [-0.2, -0.15) is 4.98 Å². The predicted molar refractivity (Wildman–Crippen MR) is 82.2 cm³/mol. The van der Waals surface area contributed by atoms with Crippen LogP contribution in [0.3, 0.4) is 0 Å². The molecule has 0 N–H and O–H groups in total. The minimum atomic E-state index is 0.0396. The van der Waals surface area contributed by atoms with Gasteiger partial charge >= 0.3 is 0 Å². The molecule has 1 amide bonds. The molecule has 0 saturated carbocycles. The van der Waals surface area contributed by atoms with Crippen LogP contribution in [0.25, 0.3) is 0 Å². The van der Waals surface area contributed by atoms with Gasteiger partial charge in [0.05, 0.1) is 0 Å². The molecule has 1 aliphatic rings. The summed E-state index contributed by atoms with van der Waals surface area (Å²) in [6.07, 6.45) is 1.43. The van der Waals surface area contributed by atoms with Gasteiger partial charge in [0.25, 0.3) is 0 Å². The molecule has 3 rings (SSSR count). The van der Waals surface area contributed by atoms with Gasteiger partial charge in [0, 0.05) is 31.3 Å². The third kappa shape index (κ3) is 3.03. The molecule has 5 heteroatoms. The molecule has 116 valence electrons. The second-order valence-electron chi connectivity index (χ2n) is 5.96. The molecule has 2 heterocycles. The maximum Gasteiger partial charge on any atom is 0.229 e. The zero-order valence-corrected chi connectivity index (χ0v) is 13.0. The molecule has 0 bridgehead atoms. The van der Waals surface area contributed by atoms with Gasteiger partial charge in [0.2, 0.25) is 11.8 Å². The molecule has 1 aromatic carbocycles. The Labute approximate surface area is 130 Å². The van der Waals surface area contributed by atoms with E-state index < -0.39 is 0 Å². The average molecular weight is 299 g/mol. The van der Waals surface area contributed by atoms with Gasteiger partial charge in [0.15, 0.2) is 5.82 Å². The number of aromatic nitrogens is 2. The third-order valence-electron chi connectivity index (χ3n) is 4.29. The Morgan fingerprint density at radius 1 is 1.36 bits per heavy atom. The lowest BCUT2D eigenvalue weighted by Crippen LogP contribution is -2.24. The Morgan fingerprint density at radius 3 is 2.86 bits per heavy atom. The van der Waals surface area contributed by atoms with Gasteiger partial charge in [-0.25, -0.2) is 0 Å². The number of amides is 1. The summed E-state index contributed by atoms with van der Waals surface area (Å²) < 4.78 is 5.33. The lowest BCUT2D eigenvalue weighted by atomic mass is 10.1. The number of hydrogen-bond acceptors (Lipinski definition) is 4. The summed E-state index contributed by atoms with van der Waals surface area (Å²) in [5.74, 6) is 1.80. The first-order valence-electron chi connectivity index (χ1n) is 7.82.